The largest absolute Gasteiger partial charge is 0.445 e. The first kappa shape index (κ1) is 12.7. The molecule has 1 aromatic rings. The molecule has 2 atom stereocenters. The molecule has 1 aliphatic heterocycles. The predicted octanol–water partition coefficient (Wildman–Crippen LogP) is 2.39. The van der Waals surface area contributed by atoms with E-state index in [2.05, 4.69) is 6.07 Å². The number of halogens is 1. The Labute approximate surface area is 111 Å². The molecule has 0 spiro atoms. The lowest BCUT2D eigenvalue weighted by Gasteiger charge is -2.15. The zero-order valence-electron chi connectivity index (χ0n) is 9.75. The molecule has 1 amide bonds. The van der Waals surface area contributed by atoms with E-state index in [1.165, 1.54) is 4.90 Å². The fraction of sp³-hybridized carbons (Fsp3) is 0.385. The highest BCUT2D eigenvalue weighted by atomic mass is 35.5. The Balaban J connectivity index is 1.85. The standard InChI is InChI=1S/C13H13ClN2O2/c14-12-8-16(7-11(12)6-15)13(17)18-9-10-4-2-1-3-5-10/h1-5,11-12H,7-9H2. The number of carbonyl (C=O) groups excluding carboxylic acids is 1. The molecule has 0 aromatic heterocycles. The van der Waals surface area contributed by atoms with Crippen molar-refractivity contribution in [2.75, 3.05) is 13.1 Å². The van der Waals surface area contributed by atoms with E-state index in [-0.39, 0.29) is 17.9 Å². The van der Waals surface area contributed by atoms with Crippen LogP contribution in [0.3, 0.4) is 0 Å². The fourth-order valence-electron chi connectivity index (χ4n) is 1.85. The topological polar surface area (TPSA) is 53.3 Å². The van der Waals surface area contributed by atoms with Crippen LogP contribution >= 0.6 is 11.6 Å². The number of nitriles is 1. The molecule has 4 nitrogen and oxygen atoms in total. The molecule has 0 radical (unpaired) electrons. The Morgan fingerprint density at radius 3 is 2.78 bits per heavy atom. The van der Waals surface area contributed by atoms with Gasteiger partial charge in [-0.25, -0.2) is 4.79 Å². The summed E-state index contributed by atoms with van der Waals surface area (Å²) in [5.41, 5.74) is 0.935. The summed E-state index contributed by atoms with van der Waals surface area (Å²) in [7, 11) is 0. The number of hydrogen-bond acceptors (Lipinski definition) is 3. The molecule has 0 aliphatic carbocycles. The maximum absolute atomic E-state index is 11.8. The first-order valence-electron chi connectivity index (χ1n) is 5.70. The Bertz CT molecular complexity index is 458. The maximum atomic E-state index is 11.8. The highest BCUT2D eigenvalue weighted by molar-refractivity contribution is 6.21. The molecular weight excluding hydrogens is 252 g/mol. The van der Waals surface area contributed by atoms with Gasteiger partial charge in [0.2, 0.25) is 0 Å². The van der Waals surface area contributed by atoms with Gasteiger partial charge in [0.1, 0.15) is 6.61 Å². The van der Waals surface area contributed by atoms with E-state index < -0.39 is 6.09 Å². The number of ether oxygens (including phenoxy) is 1. The van der Waals surface area contributed by atoms with Crippen molar-refractivity contribution in [1.82, 2.24) is 4.90 Å². The van der Waals surface area contributed by atoms with Gasteiger partial charge in [-0.1, -0.05) is 30.3 Å². The number of likely N-dealkylation sites (tertiary alicyclic amines) is 1. The van der Waals surface area contributed by atoms with Crippen LogP contribution < -0.4 is 0 Å². The fourth-order valence-corrected chi connectivity index (χ4v) is 2.15. The maximum Gasteiger partial charge on any atom is 0.410 e. The van der Waals surface area contributed by atoms with Gasteiger partial charge >= 0.3 is 6.09 Å². The van der Waals surface area contributed by atoms with Crippen molar-refractivity contribution >= 4 is 17.7 Å². The summed E-state index contributed by atoms with van der Waals surface area (Å²) in [6.07, 6.45) is -0.415. The molecular formula is C13H13ClN2O2. The van der Waals surface area contributed by atoms with Crippen LogP contribution in [-0.4, -0.2) is 29.5 Å². The third-order valence-corrected chi connectivity index (χ3v) is 3.32. The van der Waals surface area contributed by atoms with Gasteiger partial charge in [0.15, 0.2) is 0 Å². The number of amides is 1. The van der Waals surface area contributed by atoms with Gasteiger partial charge < -0.3 is 9.64 Å². The van der Waals surface area contributed by atoms with Crippen LogP contribution in [0.5, 0.6) is 0 Å². The lowest BCUT2D eigenvalue weighted by molar-refractivity contribution is 0.104. The molecule has 1 heterocycles. The Morgan fingerprint density at radius 2 is 2.17 bits per heavy atom. The van der Waals surface area contributed by atoms with E-state index >= 15 is 0 Å². The second kappa shape index (κ2) is 5.74. The lowest BCUT2D eigenvalue weighted by Crippen LogP contribution is -2.29. The minimum Gasteiger partial charge on any atom is -0.445 e. The van der Waals surface area contributed by atoms with Crippen LogP contribution in [0.2, 0.25) is 0 Å². The van der Waals surface area contributed by atoms with Gasteiger partial charge in [0.05, 0.1) is 17.4 Å². The van der Waals surface area contributed by atoms with Crippen LogP contribution in [0.1, 0.15) is 5.56 Å². The van der Waals surface area contributed by atoms with Crippen LogP contribution in [0.25, 0.3) is 0 Å². The number of hydrogen-bond donors (Lipinski definition) is 0. The van der Waals surface area contributed by atoms with E-state index in [4.69, 9.17) is 21.6 Å². The second-order valence-corrected chi connectivity index (χ2v) is 4.76. The first-order chi connectivity index (χ1) is 8.70. The molecule has 1 saturated heterocycles. The molecule has 1 fully saturated rings. The first-order valence-corrected chi connectivity index (χ1v) is 6.13. The van der Waals surface area contributed by atoms with Crippen molar-refractivity contribution in [3.8, 4) is 6.07 Å². The van der Waals surface area contributed by atoms with Gasteiger partial charge in [-0.3, -0.25) is 0 Å². The van der Waals surface area contributed by atoms with E-state index in [9.17, 15) is 4.79 Å². The van der Waals surface area contributed by atoms with Crippen molar-refractivity contribution in [1.29, 1.82) is 5.26 Å². The Kier molecular flexibility index (Phi) is 4.06. The smallest absolute Gasteiger partial charge is 0.410 e. The number of alkyl halides is 1. The van der Waals surface area contributed by atoms with Gasteiger partial charge in [-0.2, -0.15) is 5.26 Å². The normalized spacial score (nSPS) is 22.6. The summed E-state index contributed by atoms with van der Waals surface area (Å²) in [5.74, 6) is -0.309. The summed E-state index contributed by atoms with van der Waals surface area (Å²) in [6.45, 7) is 0.950. The van der Waals surface area contributed by atoms with Crippen LogP contribution in [-0.2, 0) is 11.3 Å². The quantitative estimate of drug-likeness (QED) is 0.771. The molecule has 1 aromatic carbocycles. The average Bonchev–Trinajstić information content (AvgIpc) is 2.78. The Morgan fingerprint density at radius 1 is 1.44 bits per heavy atom. The number of rotatable bonds is 2. The van der Waals surface area contributed by atoms with Gasteiger partial charge in [0, 0.05) is 13.1 Å². The zero-order chi connectivity index (χ0) is 13.0. The van der Waals surface area contributed by atoms with Crippen molar-refractivity contribution in [3.05, 3.63) is 35.9 Å². The van der Waals surface area contributed by atoms with Crippen molar-refractivity contribution in [2.24, 2.45) is 5.92 Å². The van der Waals surface area contributed by atoms with Gasteiger partial charge in [-0.15, -0.1) is 11.6 Å². The Hall–Kier alpha value is -1.73. The van der Waals surface area contributed by atoms with Crippen molar-refractivity contribution < 1.29 is 9.53 Å². The molecule has 94 valence electrons. The summed E-state index contributed by atoms with van der Waals surface area (Å²) < 4.78 is 5.17. The van der Waals surface area contributed by atoms with E-state index in [1.54, 1.807) is 0 Å². The molecule has 2 rings (SSSR count). The lowest BCUT2D eigenvalue weighted by atomic mass is 10.1. The summed E-state index contributed by atoms with van der Waals surface area (Å²) in [6, 6.07) is 11.5. The van der Waals surface area contributed by atoms with Crippen LogP contribution in [0, 0.1) is 17.2 Å². The second-order valence-electron chi connectivity index (χ2n) is 4.20. The third kappa shape index (κ3) is 2.93. The molecule has 18 heavy (non-hydrogen) atoms. The van der Waals surface area contributed by atoms with E-state index in [0.717, 1.165) is 5.56 Å². The zero-order valence-corrected chi connectivity index (χ0v) is 10.5. The summed E-state index contributed by atoms with van der Waals surface area (Å²) >= 11 is 5.96. The third-order valence-electron chi connectivity index (χ3n) is 2.88. The minimum absolute atomic E-state index is 0.236. The monoisotopic (exact) mass is 264 g/mol. The SMILES string of the molecule is N#CC1CN(C(=O)OCc2ccccc2)CC1Cl. The molecule has 0 saturated carbocycles. The number of benzene rings is 1. The highest BCUT2D eigenvalue weighted by Gasteiger charge is 2.34. The summed E-state index contributed by atoms with van der Waals surface area (Å²) in [4.78, 5) is 13.2. The van der Waals surface area contributed by atoms with Crippen molar-refractivity contribution in [3.63, 3.8) is 0 Å². The van der Waals surface area contributed by atoms with Gasteiger partial charge in [0.25, 0.3) is 0 Å². The van der Waals surface area contributed by atoms with E-state index in [0.29, 0.717) is 13.1 Å². The summed E-state index contributed by atoms with van der Waals surface area (Å²) in [5, 5.41) is 8.52. The number of carbonyl (C=O) groups is 1. The van der Waals surface area contributed by atoms with Crippen LogP contribution in [0.4, 0.5) is 4.79 Å². The minimum atomic E-state index is -0.415. The number of nitrogens with zero attached hydrogens (tertiary/aromatic N) is 2. The van der Waals surface area contributed by atoms with Crippen LogP contribution in [0.15, 0.2) is 30.3 Å². The molecule has 2 unspecified atom stereocenters. The molecule has 0 bridgehead atoms. The van der Waals surface area contributed by atoms with Gasteiger partial charge in [-0.05, 0) is 5.56 Å². The average molecular weight is 265 g/mol. The van der Waals surface area contributed by atoms with E-state index in [1.807, 2.05) is 30.3 Å². The van der Waals surface area contributed by atoms with Crippen molar-refractivity contribution in [2.45, 2.75) is 12.0 Å². The predicted molar refractivity (Wildman–Crippen MR) is 66.9 cm³/mol. The molecule has 1 aliphatic rings. The molecule has 0 N–H and O–H groups in total. The molecule has 5 heteroatoms. The highest BCUT2D eigenvalue weighted by Crippen LogP contribution is 2.22.